The third kappa shape index (κ3) is 4.63. The summed E-state index contributed by atoms with van der Waals surface area (Å²) in [7, 11) is 1.60. The number of ether oxygens (including phenoxy) is 1. The number of aromatic amines is 1. The van der Waals surface area contributed by atoms with E-state index in [1.165, 1.54) is 10.6 Å². The summed E-state index contributed by atoms with van der Waals surface area (Å²) >= 11 is 0. The summed E-state index contributed by atoms with van der Waals surface area (Å²) in [5, 5.41) is 2.95. The Morgan fingerprint density at radius 1 is 1.10 bits per heavy atom. The Morgan fingerprint density at radius 2 is 1.84 bits per heavy atom. The van der Waals surface area contributed by atoms with Crippen LogP contribution >= 0.6 is 0 Å². The van der Waals surface area contributed by atoms with Crippen LogP contribution in [-0.2, 0) is 17.8 Å². The van der Waals surface area contributed by atoms with E-state index in [1.54, 1.807) is 31.1 Å². The van der Waals surface area contributed by atoms with Gasteiger partial charge in [0, 0.05) is 23.9 Å². The first-order chi connectivity index (χ1) is 15.0. The molecule has 0 saturated heterocycles. The zero-order valence-electron chi connectivity index (χ0n) is 17.4. The van der Waals surface area contributed by atoms with Gasteiger partial charge in [-0.3, -0.25) is 14.7 Å². The van der Waals surface area contributed by atoms with Crippen LogP contribution in [0.2, 0.25) is 0 Å². The van der Waals surface area contributed by atoms with Crippen LogP contribution in [0, 0.1) is 6.92 Å². The monoisotopic (exact) mass is 417 g/mol. The van der Waals surface area contributed by atoms with Crippen LogP contribution in [-0.4, -0.2) is 32.6 Å². The van der Waals surface area contributed by atoms with Gasteiger partial charge in [-0.05, 0) is 43.2 Å². The van der Waals surface area contributed by atoms with E-state index in [1.807, 2.05) is 42.5 Å². The van der Waals surface area contributed by atoms with Crippen molar-refractivity contribution in [2.75, 3.05) is 12.0 Å². The molecule has 0 saturated carbocycles. The average Bonchev–Trinajstić information content (AvgIpc) is 3.19. The molecule has 4 rings (SSSR count). The lowest BCUT2D eigenvalue weighted by Crippen LogP contribution is -2.31. The van der Waals surface area contributed by atoms with E-state index in [0.29, 0.717) is 30.1 Å². The summed E-state index contributed by atoms with van der Waals surface area (Å²) in [6.07, 6.45) is 0.972. The molecule has 8 heteroatoms. The predicted octanol–water partition coefficient (Wildman–Crippen LogP) is 2.90. The lowest BCUT2D eigenvalue weighted by Gasteiger charge is -2.22. The van der Waals surface area contributed by atoms with Crippen LogP contribution in [0.1, 0.15) is 23.5 Å². The van der Waals surface area contributed by atoms with Crippen molar-refractivity contribution >= 4 is 17.4 Å². The van der Waals surface area contributed by atoms with Crippen molar-refractivity contribution in [1.29, 1.82) is 0 Å². The third-order valence-corrected chi connectivity index (χ3v) is 4.97. The van der Waals surface area contributed by atoms with Gasteiger partial charge in [0.15, 0.2) is 0 Å². The molecule has 8 nitrogen and oxygen atoms in total. The highest BCUT2D eigenvalue weighted by molar-refractivity contribution is 5.93. The first-order valence-electron chi connectivity index (χ1n) is 9.97. The van der Waals surface area contributed by atoms with Crippen molar-refractivity contribution in [3.8, 4) is 5.75 Å². The second-order valence-corrected chi connectivity index (χ2v) is 7.20. The highest BCUT2D eigenvalue weighted by Gasteiger charge is 2.19. The molecule has 0 spiro atoms. The number of amides is 1. The number of aromatic nitrogens is 4. The van der Waals surface area contributed by atoms with Gasteiger partial charge in [0.1, 0.15) is 11.6 Å². The second kappa shape index (κ2) is 8.83. The van der Waals surface area contributed by atoms with E-state index in [2.05, 4.69) is 15.1 Å². The fraction of sp³-hybridized carbons (Fsp3) is 0.217. The Bertz CT molecular complexity index is 1250. The number of carbonyl (C=O) groups excluding carboxylic acids is 1. The molecule has 0 unspecified atom stereocenters. The van der Waals surface area contributed by atoms with E-state index >= 15 is 0 Å². The molecule has 31 heavy (non-hydrogen) atoms. The molecule has 158 valence electrons. The molecule has 0 aliphatic heterocycles. The zero-order valence-corrected chi connectivity index (χ0v) is 17.4. The van der Waals surface area contributed by atoms with Gasteiger partial charge in [0.05, 0.1) is 13.7 Å². The molecule has 1 amide bonds. The molecule has 4 aromatic rings. The fourth-order valence-corrected chi connectivity index (χ4v) is 3.37. The van der Waals surface area contributed by atoms with Crippen LogP contribution in [0.4, 0.5) is 5.69 Å². The maximum atomic E-state index is 13.2. The quantitative estimate of drug-likeness (QED) is 0.499. The summed E-state index contributed by atoms with van der Waals surface area (Å²) in [6.45, 7) is 1.92. The molecule has 1 N–H and O–H groups in total. The van der Waals surface area contributed by atoms with E-state index in [4.69, 9.17) is 4.74 Å². The van der Waals surface area contributed by atoms with E-state index < -0.39 is 0 Å². The van der Waals surface area contributed by atoms with Gasteiger partial charge in [-0.25, -0.2) is 4.98 Å². The number of methoxy groups -OCH3 is 1. The summed E-state index contributed by atoms with van der Waals surface area (Å²) in [6, 6.07) is 18.6. The van der Waals surface area contributed by atoms with Gasteiger partial charge in [-0.2, -0.15) is 9.50 Å². The van der Waals surface area contributed by atoms with Gasteiger partial charge in [0.2, 0.25) is 5.91 Å². The molecule has 2 aromatic carbocycles. The average molecular weight is 417 g/mol. The maximum absolute atomic E-state index is 13.2. The van der Waals surface area contributed by atoms with Crippen LogP contribution < -0.4 is 15.2 Å². The second-order valence-electron chi connectivity index (χ2n) is 7.20. The van der Waals surface area contributed by atoms with Gasteiger partial charge in [-0.1, -0.05) is 30.3 Å². The molecular formula is C23H23N5O3. The lowest BCUT2D eigenvalue weighted by atomic mass is 10.1. The zero-order chi connectivity index (χ0) is 21.8. The Kier molecular flexibility index (Phi) is 5.79. The minimum atomic E-state index is -0.243. The van der Waals surface area contributed by atoms with Crippen LogP contribution in [0.3, 0.4) is 0 Å². The number of rotatable bonds is 7. The number of nitrogens with one attached hydrogen (secondary N) is 1. The van der Waals surface area contributed by atoms with Crippen molar-refractivity contribution in [2.24, 2.45) is 0 Å². The Labute approximate surface area is 179 Å². The number of benzene rings is 2. The normalized spacial score (nSPS) is 10.9. The highest BCUT2D eigenvalue weighted by atomic mass is 16.5. The van der Waals surface area contributed by atoms with Crippen molar-refractivity contribution in [2.45, 2.75) is 26.3 Å². The molecule has 2 heterocycles. The number of H-pyrrole nitrogens is 1. The largest absolute Gasteiger partial charge is 0.497 e. The predicted molar refractivity (Wildman–Crippen MR) is 117 cm³/mol. The van der Waals surface area contributed by atoms with E-state index in [-0.39, 0.29) is 23.8 Å². The van der Waals surface area contributed by atoms with Crippen LogP contribution in [0.15, 0.2) is 65.5 Å². The van der Waals surface area contributed by atoms with Crippen molar-refractivity contribution in [3.05, 3.63) is 88.1 Å². The minimum absolute atomic E-state index is 0.0500. The lowest BCUT2D eigenvalue weighted by molar-refractivity contribution is -0.118. The molecule has 0 bridgehead atoms. The van der Waals surface area contributed by atoms with Gasteiger partial charge < -0.3 is 9.64 Å². The number of fused-ring (bicyclic) bond motifs is 1. The van der Waals surface area contributed by atoms with Gasteiger partial charge in [-0.15, -0.1) is 0 Å². The molecule has 2 aromatic heterocycles. The number of carbonyl (C=O) groups is 1. The minimum Gasteiger partial charge on any atom is -0.497 e. The summed E-state index contributed by atoms with van der Waals surface area (Å²) in [4.78, 5) is 35.7. The molecule has 0 radical (unpaired) electrons. The topological polar surface area (TPSA) is 92.6 Å². The van der Waals surface area contributed by atoms with Gasteiger partial charge >= 0.3 is 0 Å². The summed E-state index contributed by atoms with van der Waals surface area (Å²) in [5.74, 6) is 1.41. The van der Waals surface area contributed by atoms with E-state index in [9.17, 15) is 9.59 Å². The van der Waals surface area contributed by atoms with Crippen molar-refractivity contribution in [1.82, 2.24) is 19.6 Å². The van der Waals surface area contributed by atoms with Crippen LogP contribution in [0.5, 0.6) is 5.75 Å². The van der Waals surface area contributed by atoms with E-state index in [0.717, 1.165) is 11.3 Å². The number of anilines is 1. The molecular weight excluding hydrogens is 394 g/mol. The van der Waals surface area contributed by atoms with Crippen molar-refractivity contribution in [3.63, 3.8) is 0 Å². The smallest absolute Gasteiger partial charge is 0.274 e. The molecule has 0 atom stereocenters. The fourth-order valence-electron chi connectivity index (χ4n) is 3.37. The molecule has 0 aliphatic carbocycles. The number of aryl methyl sites for hydroxylation is 2. The first kappa shape index (κ1) is 20.3. The maximum Gasteiger partial charge on any atom is 0.274 e. The summed E-state index contributed by atoms with van der Waals surface area (Å²) < 4.78 is 6.51. The Hall–Kier alpha value is -3.94. The number of hydrogen-bond donors (Lipinski definition) is 1. The standard InChI is InChI=1S/C23H23N5O3/c1-16-14-22(30)28-23(24-16)25-20(26-28)15-27(18-9-11-19(31-2)12-10-18)21(29)13-8-17-6-4-3-5-7-17/h3-7,9-12,14H,8,13,15H2,1-2H3,(H,24,25,26). The van der Waals surface area contributed by atoms with Gasteiger partial charge in [0.25, 0.3) is 11.3 Å². The SMILES string of the molecule is COc1ccc(N(Cc2nc3nc(C)cc(=O)n3[nH]2)C(=O)CCc2ccccc2)cc1. The van der Waals surface area contributed by atoms with Crippen LogP contribution in [0.25, 0.3) is 5.78 Å². The van der Waals surface area contributed by atoms with Crippen molar-refractivity contribution < 1.29 is 9.53 Å². The Morgan fingerprint density at radius 3 is 2.55 bits per heavy atom. The third-order valence-electron chi connectivity index (χ3n) is 4.97. The summed E-state index contributed by atoms with van der Waals surface area (Å²) in [5.41, 5.74) is 2.16. The first-order valence-corrected chi connectivity index (χ1v) is 9.97. The molecule has 0 fully saturated rings. The Balaban J connectivity index is 1.62. The highest BCUT2D eigenvalue weighted by Crippen LogP contribution is 2.22. The number of nitrogens with zero attached hydrogens (tertiary/aromatic N) is 4. The number of hydrogen-bond acceptors (Lipinski definition) is 5. The molecule has 0 aliphatic rings.